The van der Waals surface area contributed by atoms with Gasteiger partial charge >= 0.3 is 9.28 Å². The third-order valence-corrected chi connectivity index (χ3v) is 4.10. The van der Waals surface area contributed by atoms with Gasteiger partial charge in [-0.05, 0) is 19.5 Å². The molecule has 0 radical (unpaired) electrons. The molecule has 0 atom stereocenters. The van der Waals surface area contributed by atoms with Crippen LogP contribution in [0.1, 0.15) is 32.6 Å². The minimum absolute atomic E-state index is 1.03. The van der Waals surface area contributed by atoms with Crippen LogP contribution in [0.4, 0.5) is 0 Å². The Bertz CT molecular complexity index is 110. The maximum absolute atomic E-state index is 5.22. The SMILES string of the molecule is CCCCCCNCC[SiH](OC)OC. The lowest BCUT2D eigenvalue weighted by Gasteiger charge is -2.10. The predicted molar refractivity (Wildman–Crippen MR) is 63.0 cm³/mol. The zero-order valence-electron chi connectivity index (χ0n) is 9.84. The Balaban J connectivity index is 3.04. The Kier molecular flexibility index (Phi) is 11.3. The molecule has 0 rings (SSSR count). The number of hydrogen-bond donors (Lipinski definition) is 1. The summed E-state index contributed by atoms with van der Waals surface area (Å²) in [4.78, 5) is 0. The minimum Gasteiger partial charge on any atom is -0.400 e. The second-order valence-electron chi connectivity index (χ2n) is 3.50. The molecule has 0 aromatic heterocycles. The molecule has 0 aromatic rings. The smallest absolute Gasteiger partial charge is 0.322 e. The highest BCUT2D eigenvalue weighted by Gasteiger charge is 2.07. The second-order valence-corrected chi connectivity index (χ2v) is 5.88. The van der Waals surface area contributed by atoms with E-state index in [1.165, 1.54) is 25.7 Å². The summed E-state index contributed by atoms with van der Waals surface area (Å²) in [7, 11) is 2.16. The third-order valence-electron chi connectivity index (χ3n) is 2.29. The Morgan fingerprint density at radius 2 is 1.71 bits per heavy atom. The summed E-state index contributed by atoms with van der Waals surface area (Å²) < 4.78 is 10.4. The third kappa shape index (κ3) is 8.68. The van der Waals surface area contributed by atoms with E-state index in [1.807, 2.05) is 0 Å². The first-order chi connectivity index (χ1) is 6.85. The molecule has 0 unspecified atom stereocenters. The van der Waals surface area contributed by atoms with Gasteiger partial charge in [-0.25, -0.2) is 0 Å². The molecule has 4 heteroatoms. The first-order valence-corrected chi connectivity index (χ1v) is 7.37. The van der Waals surface area contributed by atoms with E-state index in [9.17, 15) is 0 Å². The minimum atomic E-state index is -1.32. The van der Waals surface area contributed by atoms with Gasteiger partial charge < -0.3 is 14.2 Å². The van der Waals surface area contributed by atoms with E-state index >= 15 is 0 Å². The normalized spacial score (nSPS) is 11.1. The monoisotopic (exact) mass is 219 g/mol. The molecule has 0 fully saturated rings. The van der Waals surface area contributed by atoms with Gasteiger partial charge in [0.2, 0.25) is 0 Å². The number of hydrogen-bond acceptors (Lipinski definition) is 3. The molecular weight excluding hydrogens is 194 g/mol. The average molecular weight is 219 g/mol. The molecular formula is C10H25NO2Si. The summed E-state index contributed by atoms with van der Waals surface area (Å²) in [5.74, 6) is 0. The van der Waals surface area contributed by atoms with Crippen molar-refractivity contribution in [3.05, 3.63) is 0 Å². The first kappa shape index (κ1) is 14.1. The van der Waals surface area contributed by atoms with Crippen molar-refractivity contribution in [2.24, 2.45) is 0 Å². The summed E-state index contributed by atoms with van der Waals surface area (Å²) in [5, 5.41) is 3.42. The molecule has 86 valence electrons. The highest BCUT2D eigenvalue weighted by molar-refractivity contribution is 6.44. The second kappa shape index (κ2) is 11.2. The van der Waals surface area contributed by atoms with Crippen molar-refractivity contribution < 1.29 is 8.85 Å². The largest absolute Gasteiger partial charge is 0.400 e. The van der Waals surface area contributed by atoms with Crippen LogP contribution in [0.15, 0.2) is 0 Å². The lowest BCUT2D eigenvalue weighted by atomic mass is 10.2. The van der Waals surface area contributed by atoms with Gasteiger partial charge in [-0.1, -0.05) is 26.2 Å². The van der Waals surface area contributed by atoms with E-state index in [-0.39, 0.29) is 0 Å². The van der Waals surface area contributed by atoms with Gasteiger partial charge in [0, 0.05) is 20.3 Å². The highest BCUT2D eigenvalue weighted by atomic mass is 28.3. The van der Waals surface area contributed by atoms with E-state index in [4.69, 9.17) is 8.85 Å². The van der Waals surface area contributed by atoms with Crippen LogP contribution >= 0.6 is 0 Å². The Labute approximate surface area is 90.0 Å². The van der Waals surface area contributed by atoms with E-state index in [0.29, 0.717) is 0 Å². The number of rotatable bonds is 10. The molecule has 0 aromatic carbocycles. The van der Waals surface area contributed by atoms with E-state index in [0.717, 1.165) is 19.1 Å². The van der Waals surface area contributed by atoms with Gasteiger partial charge in [-0.15, -0.1) is 0 Å². The van der Waals surface area contributed by atoms with Gasteiger partial charge in [0.1, 0.15) is 0 Å². The summed E-state index contributed by atoms with van der Waals surface area (Å²) in [5.41, 5.74) is 0. The fraction of sp³-hybridized carbons (Fsp3) is 1.00. The van der Waals surface area contributed by atoms with Crippen LogP contribution in [0.2, 0.25) is 6.04 Å². The quantitative estimate of drug-likeness (QED) is 0.448. The molecule has 1 N–H and O–H groups in total. The van der Waals surface area contributed by atoms with Gasteiger partial charge in [0.05, 0.1) is 0 Å². The van der Waals surface area contributed by atoms with Gasteiger partial charge in [0.15, 0.2) is 0 Å². The fourth-order valence-corrected chi connectivity index (χ4v) is 2.46. The fourth-order valence-electron chi connectivity index (χ4n) is 1.35. The molecule has 0 aliphatic rings. The molecule has 0 bridgehead atoms. The molecule has 0 aliphatic heterocycles. The van der Waals surface area contributed by atoms with Crippen LogP contribution in [0.5, 0.6) is 0 Å². The zero-order valence-corrected chi connectivity index (χ0v) is 11.0. The van der Waals surface area contributed by atoms with Crippen LogP contribution in [-0.4, -0.2) is 36.6 Å². The predicted octanol–water partition coefficient (Wildman–Crippen LogP) is 1.67. The highest BCUT2D eigenvalue weighted by Crippen LogP contribution is 1.97. The topological polar surface area (TPSA) is 30.5 Å². The standard InChI is InChI=1S/C10H25NO2Si/c1-4-5-6-7-8-11-9-10-14(12-2)13-3/h11,14H,4-10H2,1-3H3. The van der Waals surface area contributed by atoms with Crippen molar-refractivity contribution in [2.45, 2.75) is 38.7 Å². The van der Waals surface area contributed by atoms with E-state index < -0.39 is 9.28 Å². The molecule has 0 heterocycles. The van der Waals surface area contributed by atoms with E-state index in [1.54, 1.807) is 14.2 Å². The van der Waals surface area contributed by atoms with Crippen molar-refractivity contribution in [1.82, 2.24) is 5.32 Å². The lowest BCUT2D eigenvalue weighted by molar-refractivity contribution is 0.277. The van der Waals surface area contributed by atoms with Gasteiger partial charge in [-0.2, -0.15) is 0 Å². The van der Waals surface area contributed by atoms with Crippen molar-refractivity contribution in [3.63, 3.8) is 0 Å². The molecule has 0 amide bonds. The maximum atomic E-state index is 5.22. The van der Waals surface area contributed by atoms with Gasteiger partial charge in [-0.3, -0.25) is 0 Å². The zero-order chi connectivity index (χ0) is 10.6. The van der Waals surface area contributed by atoms with Gasteiger partial charge in [0.25, 0.3) is 0 Å². The number of unbranched alkanes of at least 4 members (excludes halogenated alkanes) is 3. The lowest BCUT2D eigenvalue weighted by Crippen LogP contribution is -2.26. The van der Waals surface area contributed by atoms with Crippen molar-refractivity contribution in [3.8, 4) is 0 Å². The summed E-state index contributed by atoms with van der Waals surface area (Å²) in [6, 6.07) is 1.06. The number of nitrogens with one attached hydrogen (secondary N) is 1. The molecule has 0 saturated carbocycles. The Morgan fingerprint density at radius 3 is 2.29 bits per heavy atom. The molecule has 3 nitrogen and oxygen atoms in total. The van der Waals surface area contributed by atoms with E-state index in [2.05, 4.69) is 12.2 Å². The molecule has 14 heavy (non-hydrogen) atoms. The summed E-state index contributed by atoms with van der Waals surface area (Å²) in [6.07, 6.45) is 5.30. The Morgan fingerprint density at radius 1 is 1.00 bits per heavy atom. The maximum Gasteiger partial charge on any atom is 0.322 e. The van der Waals surface area contributed by atoms with Crippen LogP contribution in [0, 0.1) is 0 Å². The van der Waals surface area contributed by atoms with Crippen molar-refractivity contribution in [2.75, 3.05) is 27.3 Å². The van der Waals surface area contributed by atoms with Crippen molar-refractivity contribution >= 4 is 9.28 Å². The average Bonchev–Trinajstić information content (AvgIpc) is 2.22. The molecule has 0 saturated heterocycles. The molecule has 0 aliphatic carbocycles. The Hall–Kier alpha value is 0.0969. The van der Waals surface area contributed by atoms with Crippen molar-refractivity contribution in [1.29, 1.82) is 0 Å². The van der Waals surface area contributed by atoms with Crippen LogP contribution in [0.25, 0.3) is 0 Å². The summed E-state index contributed by atoms with van der Waals surface area (Å²) in [6.45, 7) is 4.40. The van der Waals surface area contributed by atoms with Crippen LogP contribution in [0.3, 0.4) is 0 Å². The first-order valence-electron chi connectivity index (χ1n) is 5.61. The molecule has 0 spiro atoms. The van der Waals surface area contributed by atoms with Crippen LogP contribution < -0.4 is 5.32 Å². The summed E-state index contributed by atoms with van der Waals surface area (Å²) >= 11 is 0. The van der Waals surface area contributed by atoms with Crippen LogP contribution in [-0.2, 0) is 8.85 Å².